The molecule has 8 nitrogen and oxygen atoms in total. The lowest BCUT2D eigenvalue weighted by Crippen LogP contribution is -2.39. The molecule has 172 valence electrons. The summed E-state index contributed by atoms with van der Waals surface area (Å²) in [5.41, 5.74) is 4.93. The molecular weight excluding hydrogens is 414 g/mol. The zero-order chi connectivity index (χ0) is 23.4. The lowest BCUT2D eigenvalue weighted by atomic mass is 9.93. The molecule has 0 aliphatic carbocycles. The fraction of sp³-hybridized carbons (Fsp3) is 0.400. The van der Waals surface area contributed by atoms with Gasteiger partial charge in [0, 0.05) is 54.9 Å². The lowest BCUT2D eigenvalue weighted by molar-refractivity contribution is -0.127. The normalized spacial score (nSPS) is 16.4. The van der Waals surface area contributed by atoms with Gasteiger partial charge in [0.1, 0.15) is 18.0 Å². The molecule has 1 N–H and O–H groups in total. The third kappa shape index (κ3) is 5.63. The minimum atomic E-state index is 0.0536. The first-order valence-electron chi connectivity index (χ1n) is 11.4. The largest absolute Gasteiger partial charge is 0.339 e. The number of likely N-dealkylation sites (tertiary alicyclic amines) is 1. The number of amides is 1. The number of nitrogens with zero attached hydrogens (tertiary/aromatic N) is 6. The van der Waals surface area contributed by atoms with E-state index in [0.29, 0.717) is 5.92 Å². The van der Waals surface area contributed by atoms with E-state index in [4.69, 9.17) is 0 Å². The van der Waals surface area contributed by atoms with Gasteiger partial charge in [-0.25, -0.2) is 15.0 Å². The molecule has 1 aliphatic heterocycles. The van der Waals surface area contributed by atoms with Crippen LogP contribution in [0.5, 0.6) is 0 Å². The topological polar surface area (TPSA) is 88.8 Å². The van der Waals surface area contributed by atoms with Gasteiger partial charge < -0.3 is 10.2 Å². The van der Waals surface area contributed by atoms with Crippen LogP contribution < -0.4 is 5.32 Å². The first kappa shape index (κ1) is 22.6. The van der Waals surface area contributed by atoms with Gasteiger partial charge in [-0.3, -0.25) is 9.48 Å². The molecule has 1 saturated heterocycles. The Balaban J connectivity index is 1.38. The van der Waals surface area contributed by atoms with Crippen molar-refractivity contribution in [3.63, 3.8) is 0 Å². The summed E-state index contributed by atoms with van der Waals surface area (Å²) in [4.78, 5) is 28.1. The Bertz CT molecular complexity index is 1170. The Kier molecular flexibility index (Phi) is 6.82. The Hall–Kier alpha value is -3.55. The molecule has 0 unspecified atom stereocenters. The predicted octanol–water partition coefficient (Wildman–Crippen LogP) is 3.77. The summed E-state index contributed by atoms with van der Waals surface area (Å²) in [6.45, 7) is 7.47. The highest BCUT2D eigenvalue weighted by Crippen LogP contribution is 2.22. The van der Waals surface area contributed by atoms with Crippen LogP contribution >= 0.6 is 0 Å². The molecule has 0 spiro atoms. The number of pyridine rings is 1. The van der Waals surface area contributed by atoms with E-state index in [1.54, 1.807) is 12.4 Å². The maximum absolute atomic E-state index is 12.9. The number of aromatic nitrogens is 5. The first-order valence-corrected chi connectivity index (χ1v) is 11.4. The van der Waals surface area contributed by atoms with E-state index in [1.807, 2.05) is 67.7 Å². The number of aryl methyl sites for hydroxylation is 3. The van der Waals surface area contributed by atoms with Gasteiger partial charge in [0.15, 0.2) is 0 Å². The van der Waals surface area contributed by atoms with Crippen molar-refractivity contribution < 1.29 is 4.79 Å². The summed E-state index contributed by atoms with van der Waals surface area (Å²) in [5, 5.41) is 7.67. The van der Waals surface area contributed by atoms with Crippen LogP contribution in [-0.4, -0.2) is 48.6 Å². The Labute approximate surface area is 194 Å². The van der Waals surface area contributed by atoms with E-state index in [0.717, 1.165) is 72.3 Å². The minimum absolute atomic E-state index is 0.0536. The number of anilines is 2. The third-order valence-corrected chi connectivity index (χ3v) is 6.15. The van der Waals surface area contributed by atoms with Gasteiger partial charge in [-0.1, -0.05) is 6.07 Å². The molecule has 0 radical (unpaired) electrons. The highest BCUT2D eigenvalue weighted by molar-refractivity contribution is 5.92. The van der Waals surface area contributed by atoms with Crippen LogP contribution in [0.2, 0.25) is 0 Å². The van der Waals surface area contributed by atoms with E-state index in [9.17, 15) is 4.79 Å². The maximum Gasteiger partial charge on any atom is 0.246 e. The van der Waals surface area contributed by atoms with E-state index in [2.05, 4.69) is 25.4 Å². The summed E-state index contributed by atoms with van der Waals surface area (Å²) in [5.74, 6) is 1.92. The summed E-state index contributed by atoms with van der Waals surface area (Å²) in [6.07, 6.45) is 8.05. The number of rotatable bonds is 6. The molecule has 33 heavy (non-hydrogen) atoms. The molecule has 0 aromatic carbocycles. The average molecular weight is 446 g/mol. The van der Waals surface area contributed by atoms with Crippen molar-refractivity contribution in [2.24, 2.45) is 13.0 Å². The van der Waals surface area contributed by atoms with Crippen molar-refractivity contribution in [1.82, 2.24) is 29.6 Å². The molecule has 1 amide bonds. The third-order valence-electron chi connectivity index (χ3n) is 6.15. The van der Waals surface area contributed by atoms with E-state index >= 15 is 0 Å². The standard InChI is InChI=1S/C25H31N7O/c1-17-7-5-9-23(28-17)29-24-14-21(26-16-27-24)13-20-8-6-12-32(15-20)25(33)11-10-22-18(2)30-31(4)19(22)3/h5,7,9-11,14,16,20H,6,8,12-13,15H2,1-4H3,(H,26,27,28,29)/b11-10+/t20-/m0/s1. The fourth-order valence-corrected chi connectivity index (χ4v) is 4.34. The van der Waals surface area contributed by atoms with Crippen molar-refractivity contribution in [2.45, 2.75) is 40.0 Å². The number of hydrogen-bond acceptors (Lipinski definition) is 6. The van der Waals surface area contributed by atoms with Crippen LogP contribution in [0.15, 0.2) is 36.7 Å². The molecular formula is C25H31N7O. The summed E-state index contributed by atoms with van der Waals surface area (Å²) < 4.78 is 1.84. The average Bonchev–Trinajstić information content (AvgIpc) is 3.03. The van der Waals surface area contributed by atoms with Gasteiger partial charge in [0.05, 0.1) is 5.69 Å². The van der Waals surface area contributed by atoms with Crippen molar-refractivity contribution in [3.05, 3.63) is 65.0 Å². The highest BCUT2D eigenvalue weighted by Gasteiger charge is 2.23. The Morgan fingerprint density at radius 3 is 2.82 bits per heavy atom. The second kappa shape index (κ2) is 9.94. The van der Waals surface area contributed by atoms with Crippen molar-refractivity contribution >= 4 is 23.6 Å². The number of nitrogens with one attached hydrogen (secondary N) is 1. The molecule has 0 bridgehead atoms. The highest BCUT2D eigenvalue weighted by atomic mass is 16.2. The predicted molar refractivity (Wildman–Crippen MR) is 129 cm³/mol. The first-order chi connectivity index (χ1) is 15.9. The summed E-state index contributed by atoms with van der Waals surface area (Å²) in [7, 11) is 1.92. The number of carbonyl (C=O) groups is 1. The van der Waals surface area contributed by atoms with Crippen molar-refractivity contribution in [1.29, 1.82) is 0 Å². The van der Waals surface area contributed by atoms with Gasteiger partial charge in [0.25, 0.3) is 0 Å². The van der Waals surface area contributed by atoms with E-state index in [1.165, 1.54) is 0 Å². The summed E-state index contributed by atoms with van der Waals surface area (Å²) >= 11 is 0. The van der Waals surface area contributed by atoms with E-state index in [-0.39, 0.29) is 5.91 Å². The molecule has 3 aromatic rings. The zero-order valence-electron chi connectivity index (χ0n) is 19.7. The smallest absolute Gasteiger partial charge is 0.246 e. The molecule has 8 heteroatoms. The monoisotopic (exact) mass is 445 g/mol. The second-order valence-electron chi connectivity index (χ2n) is 8.72. The summed E-state index contributed by atoms with van der Waals surface area (Å²) in [6, 6.07) is 7.81. The Morgan fingerprint density at radius 2 is 2.06 bits per heavy atom. The van der Waals surface area contributed by atoms with E-state index < -0.39 is 0 Å². The quantitative estimate of drug-likeness (QED) is 0.581. The SMILES string of the molecule is Cc1cccc(Nc2cc(C[C@@H]3CCCN(C(=O)/C=C/c4c(C)nn(C)c4C)C3)ncn2)n1. The van der Waals surface area contributed by atoms with Crippen LogP contribution in [0, 0.1) is 26.7 Å². The lowest BCUT2D eigenvalue weighted by Gasteiger charge is -2.32. The molecule has 4 rings (SSSR count). The van der Waals surface area contributed by atoms with Crippen LogP contribution in [0.4, 0.5) is 11.6 Å². The fourth-order valence-electron chi connectivity index (χ4n) is 4.34. The van der Waals surface area contributed by atoms with Crippen LogP contribution in [0.1, 0.15) is 41.2 Å². The molecule has 1 aliphatic rings. The van der Waals surface area contributed by atoms with Crippen LogP contribution in [0.25, 0.3) is 6.08 Å². The molecule has 3 aromatic heterocycles. The number of hydrogen-bond donors (Lipinski definition) is 1. The van der Waals surface area contributed by atoms with Gasteiger partial charge in [-0.15, -0.1) is 0 Å². The second-order valence-corrected chi connectivity index (χ2v) is 8.72. The van der Waals surface area contributed by atoms with Gasteiger partial charge in [0.2, 0.25) is 5.91 Å². The van der Waals surface area contributed by atoms with Crippen LogP contribution in [0.3, 0.4) is 0 Å². The maximum atomic E-state index is 12.9. The molecule has 1 fully saturated rings. The number of carbonyl (C=O) groups excluding carboxylic acids is 1. The van der Waals surface area contributed by atoms with Crippen molar-refractivity contribution in [2.75, 3.05) is 18.4 Å². The Morgan fingerprint density at radius 1 is 1.21 bits per heavy atom. The van der Waals surface area contributed by atoms with Crippen LogP contribution in [-0.2, 0) is 18.3 Å². The molecule has 0 saturated carbocycles. The number of piperidine rings is 1. The molecule has 1 atom stereocenters. The zero-order valence-corrected chi connectivity index (χ0v) is 19.7. The van der Waals surface area contributed by atoms with Gasteiger partial charge >= 0.3 is 0 Å². The molecule has 4 heterocycles. The minimum Gasteiger partial charge on any atom is -0.339 e. The van der Waals surface area contributed by atoms with Gasteiger partial charge in [-0.05, 0) is 64.2 Å². The van der Waals surface area contributed by atoms with Crippen molar-refractivity contribution in [3.8, 4) is 0 Å². The van der Waals surface area contributed by atoms with Gasteiger partial charge in [-0.2, -0.15) is 5.10 Å².